The average molecular weight is 447 g/mol. The second-order valence-electron chi connectivity index (χ2n) is 6.19. The van der Waals surface area contributed by atoms with Gasteiger partial charge in [0.15, 0.2) is 4.80 Å². The highest BCUT2D eigenvalue weighted by Gasteiger charge is 2.12. The number of amides is 1. The Morgan fingerprint density at radius 3 is 2.69 bits per heavy atom. The van der Waals surface area contributed by atoms with Crippen LogP contribution in [0, 0.1) is 0 Å². The molecule has 29 heavy (non-hydrogen) atoms. The lowest BCUT2D eigenvalue weighted by Gasteiger charge is -2.04. The number of aromatic nitrogens is 1. The molecule has 3 aromatic rings. The van der Waals surface area contributed by atoms with Gasteiger partial charge in [-0.15, -0.1) is 11.8 Å². The Hall–Kier alpha value is -2.03. The van der Waals surface area contributed by atoms with Gasteiger partial charge in [0.25, 0.3) is 5.91 Å². The molecular formula is C21H22N2O3S3. The maximum absolute atomic E-state index is 12.5. The summed E-state index contributed by atoms with van der Waals surface area (Å²) in [5.74, 6) is 1.50. The number of fused-ring (bicyclic) bond motifs is 1. The van der Waals surface area contributed by atoms with Gasteiger partial charge in [0.1, 0.15) is 0 Å². The van der Waals surface area contributed by atoms with E-state index in [2.05, 4.69) is 21.7 Å². The highest BCUT2D eigenvalue weighted by Crippen LogP contribution is 2.20. The molecule has 0 fully saturated rings. The molecule has 0 saturated carbocycles. The molecule has 2 aromatic carbocycles. The van der Waals surface area contributed by atoms with Gasteiger partial charge in [-0.05, 0) is 30.0 Å². The number of carbonyl (C=O) groups excluding carboxylic acids is 2. The van der Waals surface area contributed by atoms with Crippen molar-refractivity contribution in [3.05, 3.63) is 64.5 Å². The molecule has 0 N–H and O–H groups in total. The minimum absolute atomic E-state index is 0.149. The van der Waals surface area contributed by atoms with E-state index in [1.165, 1.54) is 24.0 Å². The van der Waals surface area contributed by atoms with Gasteiger partial charge in [0.2, 0.25) is 0 Å². The summed E-state index contributed by atoms with van der Waals surface area (Å²) in [5, 5.41) is 0. The van der Waals surface area contributed by atoms with Crippen molar-refractivity contribution >= 4 is 57.0 Å². The van der Waals surface area contributed by atoms with E-state index in [0.717, 1.165) is 28.3 Å². The molecule has 0 bridgehead atoms. The SMILES string of the molecule is COC(=O)c1ccc2c(c1)sc(=NC(=O)CSCc1ccccc1)n2CCSC. The van der Waals surface area contributed by atoms with Crippen LogP contribution >= 0.6 is 34.9 Å². The number of benzene rings is 2. The first kappa shape index (κ1) is 21.7. The molecule has 0 aliphatic carbocycles. The highest BCUT2D eigenvalue weighted by atomic mass is 32.2. The van der Waals surface area contributed by atoms with E-state index >= 15 is 0 Å². The summed E-state index contributed by atoms with van der Waals surface area (Å²) in [6.45, 7) is 0.752. The Morgan fingerprint density at radius 1 is 1.17 bits per heavy atom. The van der Waals surface area contributed by atoms with Crippen molar-refractivity contribution in [1.29, 1.82) is 0 Å². The number of hydrogen-bond acceptors (Lipinski definition) is 6. The maximum Gasteiger partial charge on any atom is 0.337 e. The number of thiazole rings is 1. The first-order valence-electron chi connectivity index (χ1n) is 9.02. The third kappa shape index (κ3) is 5.74. The Morgan fingerprint density at radius 2 is 1.97 bits per heavy atom. The zero-order valence-corrected chi connectivity index (χ0v) is 18.7. The molecule has 3 rings (SSSR count). The molecule has 0 aliphatic rings. The van der Waals surface area contributed by atoms with Crippen molar-refractivity contribution in [2.24, 2.45) is 4.99 Å². The quantitative estimate of drug-likeness (QED) is 0.485. The topological polar surface area (TPSA) is 60.7 Å². The third-order valence-corrected chi connectivity index (χ3v) is 6.80. The van der Waals surface area contributed by atoms with E-state index in [-0.39, 0.29) is 11.9 Å². The smallest absolute Gasteiger partial charge is 0.337 e. The summed E-state index contributed by atoms with van der Waals surface area (Å²) >= 11 is 4.72. The van der Waals surface area contributed by atoms with Crippen molar-refractivity contribution in [3.8, 4) is 0 Å². The van der Waals surface area contributed by atoms with Crippen LogP contribution in [0.4, 0.5) is 0 Å². The van der Waals surface area contributed by atoms with Crippen LogP contribution in [0.2, 0.25) is 0 Å². The maximum atomic E-state index is 12.5. The fraction of sp³-hybridized carbons (Fsp3) is 0.286. The zero-order chi connectivity index (χ0) is 20.6. The van der Waals surface area contributed by atoms with Crippen molar-refractivity contribution in [2.75, 3.05) is 24.9 Å². The molecule has 1 heterocycles. The zero-order valence-electron chi connectivity index (χ0n) is 16.3. The summed E-state index contributed by atoms with van der Waals surface area (Å²) in [6.07, 6.45) is 2.05. The Bertz CT molecular complexity index is 1060. The number of esters is 1. The predicted molar refractivity (Wildman–Crippen MR) is 123 cm³/mol. The molecule has 0 atom stereocenters. The molecule has 0 saturated heterocycles. The van der Waals surface area contributed by atoms with Gasteiger partial charge in [0.05, 0.1) is 28.6 Å². The van der Waals surface area contributed by atoms with E-state index in [0.29, 0.717) is 16.1 Å². The standard InChI is InChI=1S/C21H22N2O3S3/c1-26-20(25)16-8-9-17-18(12-16)29-21(23(17)10-11-27-2)22-19(24)14-28-13-15-6-4-3-5-7-15/h3-9,12H,10-11,13-14H2,1-2H3. The number of aryl methyl sites for hydroxylation is 1. The number of thioether (sulfide) groups is 2. The summed E-state index contributed by atoms with van der Waals surface area (Å²) < 4.78 is 7.77. The summed E-state index contributed by atoms with van der Waals surface area (Å²) in [6, 6.07) is 15.5. The van der Waals surface area contributed by atoms with Crippen molar-refractivity contribution in [2.45, 2.75) is 12.3 Å². The van der Waals surface area contributed by atoms with Crippen LogP contribution in [0.5, 0.6) is 0 Å². The minimum atomic E-state index is -0.372. The molecule has 0 radical (unpaired) electrons. The lowest BCUT2D eigenvalue weighted by molar-refractivity contribution is -0.115. The normalized spacial score (nSPS) is 11.7. The molecule has 8 heteroatoms. The lowest BCUT2D eigenvalue weighted by atomic mass is 10.2. The summed E-state index contributed by atoms with van der Waals surface area (Å²) in [5.41, 5.74) is 2.66. The Labute approximate surface area is 182 Å². The second kappa shape index (κ2) is 10.7. The molecule has 0 aliphatic heterocycles. The molecule has 1 aromatic heterocycles. The van der Waals surface area contributed by atoms with Crippen LogP contribution in [0.25, 0.3) is 10.2 Å². The van der Waals surface area contributed by atoms with E-state index in [9.17, 15) is 9.59 Å². The molecule has 152 valence electrons. The lowest BCUT2D eigenvalue weighted by Crippen LogP contribution is -2.18. The minimum Gasteiger partial charge on any atom is -0.465 e. The Kier molecular flexibility index (Phi) is 7.97. The first-order valence-corrected chi connectivity index (χ1v) is 12.4. The van der Waals surface area contributed by atoms with E-state index in [1.54, 1.807) is 35.7 Å². The van der Waals surface area contributed by atoms with E-state index < -0.39 is 0 Å². The van der Waals surface area contributed by atoms with Crippen molar-refractivity contribution in [3.63, 3.8) is 0 Å². The second-order valence-corrected chi connectivity index (χ2v) is 9.17. The van der Waals surface area contributed by atoms with E-state index in [4.69, 9.17) is 4.74 Å². The number of methoxy groups -OCH3 is 1. The van der Waals surface area contributed by atoms with Crippen molar-refractivity contribution < 1.29 is 14.3 Å². The Balaban J connectivity index is 1.83. The number of ether oxygens (including phenoxy) is 1. The molecule has 0 spiro atoms. The monoisotopic (exact) mass is 446 g/mol. The van der Waals surface area contributed by atoms with Crippen LogP contribution in [0.3, 0.4) is 0 Å². The number of nitrogens with zero attached hydrogens (tertiary/aromatic N) is 2. The highest BCUT2D eigenvalue weighted by molar-refractivity contribution is 7.99. The van der Waals surface area contributed by atoms with Gasteiger partial charge in [-0.25, -0.2) is 4.79 Å². The number of carbonyl (C=O) groups is 2. The average Bonchev–Trinajstić information content (AvgIpc) is 3.08. The van der Waals surface area contributed by atoms with Gasteiger partial charge in [-0.3, -0.25) is 4.79 Å². The number of hydrogen-bond donors (Lipinski definition) is 0. The number of rotatable bonds is 8. The van der Waals surface area contributed by atoms with Gasteiger partial charge >= 0.3 is 5.97 Å². The van der Waals surface area contributed by atoms with Crippen molar-refractivity contribution in [1.82, 2.24) is 4.57 Å². The van der Waals surface area contributed by atoms with Crippen LogP contribution in [-0.2, 0) is 21.8 Å². The largest absolute Gasteiger partial charge is 0.465 e. The van der Waals surface area contributed by atoms with Crippen LogP contribution in [0.15, 0.2) is 53.5 Å². The van der Waals surface area contributed by atoms with Crippen LogP contribution < -0.4 is 4.80 Å². The van der Waals surface area contributed by atoms with Gasteiger partial charge < -0.3 is 9.30 Å². The van der Waals surface area contributed by atoms with Gasteiger partial charge in [-0.2, -0.15) is 16.8 Å². The molecule has 5 nitrogen and oxygen atoms in total. The van der Waals surface area contributed by atoms with Gasteiger partial charge in [0, 0.05) is 18.1 Å². The molecular weight excluding hydrogens is 424 g/mol. The molecule has 1 amide bonds. The van der Waals surface area contributed by atoms with Gasteiger partial charge in [-0.1, -0.05) is 41.7 Å². The summed E-state index contributed by atoms with van der Waals surface area (Å²) in [4.78, 5) is 29.3. The fourth-order valence-electron chi connectivity index (χ4n) is 2.77. The predicted octanol–water partition coefficient (Wildman–Crippen LogP) is 4.21. The first-order chi connectivity index (χ1) is 14.1. The third-order valence-electron chi connectivity index (χ3n) is 4.18. The van der Waals surface area contributed by atoms with Crippen LogP contribution in [0.1, 0.15) is 15.9 Å². The van der Waals surface area contributed by atoms with E-state index in [1.807, 2.05) is 30.5 Å². The fourth-order valence-corrected chi connectivity index (χ4v) is 5.02. The van der Waals surface area contributed by atoms with Crippen LogP contribution in [-0.4, -0.2) is 41.3 Å². The summed E-state index contributed by atoms with van der Waals surface area (Å²) in [7, 11) is 1.37. The molecule has 0 unspecified atom stereocenters.